The maximum atomic E-state index is 12.2. The van der Waals surface area contributed by atoms with Gasteiger partial charge < -0.3 is 9.84 Å². The first-order valence-corrected chi connectivity index (χ1v) is 13.8. The predicted octanol–water partition coefficient (Wildman–Crippen LogP) is 8.84. The highest BCUT2D eigenvalue weighted by Crippen LogP contribution is 2.15. The van der Waals surface area contributed by atoms with Crippen molar-refractivity contribution in [2.45, 2.75) is 155 Å². The lowest BCUT2D eigenvalue weighted by molar-refractivity contribution is -0.149. The summed E-state index contributed by atoms with van der Waals surface area (Å²) in [7, 11) is 0. The van der Waals surface area contributed by atoms with E-state index >= 15 is 0 Å². The lowest BCUT2D eigenvalue weighted by Crippen LogP contribution is -2.17. The molecule has 0 aromatic heterocycles. The van der Waals surface area contributed by atoms with Crippen LogP contribution in [0.5, 0.6) is 0 Å². The molecular formula is C29H54O3. The fourth-order valence-electron chi connectivity index (χ4n) is 3.91. The molecule has 3 heteroatoms. The molecule has 0 spiro atoms. The minimum atomic E-state index is -0.170. The zero-order valence-corrected chi connectivity index (χ0v) is 21.7. The van der Waals surface area contributed by atoms with E-state index in [4.69, 9.17) is 4.74 Å². The number of aliphatic hydroxyl groups excluding tert-OH is 1. The number of ether oxygens (including phenoxy) is 1. The minimum Gasteiger partial charge on any atom is -0.462 e. The Kier molecular flexibility index (Phi) is 23.7. The normalized spacial score (nSPS) is 13.8. The summed E-state index contributed by atoms with van der Waals surface area (Å²) in [5.41, 5.74) is 0. The third-order valence-corrected chi connectivity index (χ3v) is 6.03. The van der Waals surface area contributed by atoms with Gasteiger partial charge in [-0.15, -0.1) is 0 Å². The maximum Gasteiger partial charge on any atom is 0.306 e. The van der Waals surface area contributed by atoms with Crippen LogP contribution in [-0.4, -0.2) is 23.3 Å². The maximum absolute atomic E-state index is 12.2. The van der Waals surface area contributed by atoms with Crippen molar-refractivity contribution < 1.29 is 14.6 Å². The zero-order valence-electron chi connectivity index (χ0n) is 21.7. The van der Waals surface area contributed by atoms with E-state index < -0.39 is 0 Å². The van der Waals surface area contributed by atoms with Gasteiger partial charge in [-0.3, -0.25) is 4.79 Å². The quantitative estimate of drug-likeness (QED) is 0.0960. The molecule has 0 aromatic carbocycles. The Morgan fingerprint density at radius 2 is 1.38 bits per heavy atom. The van der Waals surface area contributed by atoms with Crippen LogP contribution in [0.15, 0.2) is 24.3 Å². The van der Waals surface area contributed by atoms with Crippen molar-refractivity contribution in [2.24, 2.45) is 0 Å². The van der Waals surface area contributed by atoms with E-state index in [1.54, 1.807) is 0 Å². The van der Waals surface area contributed by atoms with E-state index in [9.17, 15) is 9.90 Å². The Morgan fingerprint density at radius 3 is 2.06 bits per heavy atom. The first-order valence-electron chi connectivity index (χ1n) is 13.8. The van der Waals surface area contributed by atoms with Gasteiger partial charge in [-0.1, -0.05) is 102 Å². The topological polar surface area (TPSA) is 46.5 Å². The van der Waals surface area contributed by atoms with Gasteiger partial charge in [0.05, 0.1) is 6.10 Å². The van der Waals surface area contributed by atoms with Crippen molar-refractivity contribution in [3.8, 4) is 0 Å². The number of allylic oxidation sites excluding steroid dienone is 2. The average Bonchev–Trinajstić information content (AvgIpc) is 2.79. The first-order chi connectivity index (χ1) is 15.6. The summed E-state index contributed by atoms with van der Waals surface area (Å²) in [6.07, 6.45) is 29.0. The summed E-state index contributed by atoms with van der Waals surface area (Å²) in [4.78, 5) is 12.2. The number of hydrogen-bond donors (Lipinski definition) is 1. The third-order valence-electron chi connectivity index (χ3n) is 6.03. The summed E-state index contributed by atoms with van der Waals surface area (Å²) < 4.78 is 5.74. The van der Waals surface area contributed by atoms with Gasteiger partial charge in [-0.25, -0.2) is 0 Å². The predicted molar refractivity (Wildman–Crippen MR) is 139 cm³/mol. The van der Waals surface area contributed by atoms with Crippen molar-refractivity contribution in [3.05, 3.63) is 24.3 Å². The molecule has 1 N–H and O–H groups in total. The molecule has 0 bridgehead atoms. The van der Waals surface area contributed by atoms with Gasteiger partial charge in [-0.05, 0) is 51.9 Å². The van der Waals surface area contributed by atoms with Gasteiger partial charge in [0, 0.05) is 12.8 Å². The Balaban J connectivity index is 3.69. The van der Waals surface area contributed by atoms with Crippen LogP contribution in [0.25, 0.3) is 0 Å². The van der Waals surface area contributed by atoms with Crippen LogP contribution in [-0.2, 0) is 9.53 Å². The van der Waals surface area contributed by atoms with Crippen molar-refractivity contribution in [1.82, 2.24) is 0 Å². The summed E-state index contributed by atoms with van der Waals surface area (Å²) in [5.74, 6) is -0.0221. The fourth-order valence-corrected chi connectivity index (χ4v) is 3.91. The van der Waals surface area contributed by atoms with Crippen LogP contribution in [0.1, 0.15) is 143 Å². The largest absolute Gasteiger partial charge is 0.462 e. The van der Waals surface area contributed by atoms with Crippen molar-refractivity contribution in [3.63, 3.8) is 0 Å². The average molecular weight is 451 g/mol. The highest BCUT2D eigenvalue weighted by Gasteiger charge is 2.12. The second kappa shape index (κ2) is 24.6. The van der Waals surface area contributed by atoms with Crippen molar-refractivity contribution >= 4 is 5.97 Å². The molecule has 0 heterocycles. The van der Waals surface area contributed by atoms with E-state index in [0.717, 1.165) is 57.8 Å². The molecule has 0 aliphatic rings. The minimum absolute atomic E-state index is 0.0221. The number of unbranched alkanes of at least 4 members (excludes halogenated alkanes) is 11. The molecule has 0 saturated carbocycles. The monoisotopic (exact) mass is 450 g/mol. The Bertz CT molecular complexity index is 455. The summed E-state index contributed by atoms with van der Waals surface area (Å²) in [6.45, 7) is 6.45. The first kappa shape index (κ1) is 30.9. The number of carbonyl (C=O) groups is 1. The number of aliphatic hydroxyl groups is 1. The number of rotatable bonds is 23. The molecule has 0 fully saturated rings. The molecule has 2 unspecified atom stereocenters. The van der Waals surface area contributed by atoms with Crippen LogP contribution < -0.4 is 0 Å². The number of hydrogen-bond acceptors (Lipinski definition) is 3. The summed E-state index contributed by atoms with van der Waals surface area (Å²) >= 11 is 0. The molecule has 2 atom stereocenters. The molecule has 32 heavy (non-hydrogen) atoms. The van der Waals surface area contributed by atoms with Gasteiger partial charge >= 0.3 is 5.97 Å². The molecule has 0 radical (unpaired) electrons. The second-order valence-electron chi connectivity index (χ2n) is 9.28. The Morgan fingerprint density at radius 1 is 0.750 bits per heavy atom. The Hall–Kier alpha value is -1.09. The molecule has 0 rings (SSSR count). The van der Waals surface area contributed by atoms with E-state index in [-0.39, 0.29) is 18.2 Å². The van der Waals surface area contributed by atoms with Gasteiger partial charge in [0.25, 0.3) is 0 Å². The lowest BCUT2D eigenvalue weighted by Gasteiger charge is -2.16. The molecule has 0 aliphatic heterocycles. The van der Waals surface area contributed by atoms with Crippen LogP contribution >= 0.6 is 0 Å². The van der Waals surface area contributed by atoms with Crippen LogP contribution in [0.4, 0.5) is 0 Å². The van der Waals surface area contributed by atoms with E-state index in [0.29, 0.717) is 6.42 Å². The molecule has 3 nitrogen and oxygen atoms in total. The van der Waals surface area contributed by atoms with Gasteiger partial charge in [0.2, 0.25) is 0 Å². The molecule has 0 amide bonds. The van der Waals surface area contributed by atoms with Crippen molar-refractivity contribution in [2.75, 3.05) is 0 Å². The van der Waals surface area contributed by atoms with Crippen molar-refractivity contribution in [1.29, 1.82) is 0 Å². The van der Waals surface area contributed by atoms with E-state index in [2.05, 4.69) is 32.1 Å². The highest BCUT2D eigenvalue weighted by atomic mass is 16.5. The molecule has 188 valence electrons. The summed E-state index contributed by atoms with van der Waals surface area (Å²) in [6, 6.07) is 0. The van der Waals surface area contributed by atoms with Gasteiger partial charge in [0.1, 0.15) is 6.10 Å². The molecular weight excluding hydrogens is 396 g/mol. The second-order valence-corrected chi connectivity index (χ2v) is 9.28. The van der Waals surface area contributed by atoms with Crippen LogP contribution in [0, 0.1) is 0 Å². The van der Waals surface area contributed by atoms with E-state index in [1.165, 1.54) is 57.8 Å². The molecule has 0 aliphatic carbocycles. The number of carbonyl (C=O) groups excluding carboxylic acids is 1. The van der Waals surface area contributed by atoms with Gasteiger partial charge in [0.15, 0.2) is 0 Å². The van der Waals surface area contributed by atoms with Crippen LogP contribution in [0.3, 0.4) is 0 Å². The summed E-state index contributed by atoms with van der Waals surface area (Å²) in [5, 5.41) is 9.96. The highest BCUT2D eigenvalue weighted by molar-refractivity contribution is 5.69. The van der Waals surface area contributed by atoms with E-state index in [1.807, 2.05) is 13.0 Å². The fraction of sp³-hybridized carbons (Fsp3) is 0.828. The van der Waals surface area contributed by atoms with Gasteiger partial charge in [-0.2, -0.15) is 0 Å². The molecule has 0 saturated heterocycles. The van der Waals surface area contributed by atoms with Crippen LogP contribution in [0.2, 0.25) is 0 Å². The Labute approximate surface area is 200 Å². The SMILES string of the molecule is C/C=C/CC(CCCCCC)OC(=O)CCCCCCC/C=C/CC(O)CCCCCC. The number of esters is 1. The zero-order chi connectivity index (χ0) is 23.7. The lowest BCUT2D eigenvalue weighted by atomic mass is 10.1. The molecule has 0 aromatic rings. The standard InChI is InChI=1S/C29H54O3/c1-4-7-10-18-22-27(30)23-19-16-14-12-13-15-17-21-26-29(31)32-28(24-9-6-3)25-20-11-8-5-2/h6,9,16,19,27-28,30H,4-5,7-8,10-15,17-18,20-26H2,1-3H3/b9-6+,19-16+. The smallest absolute Gasteiger partial charge is 0.306 e. The third kappa shape index (κ3) is 22.1.